The Hall–Kier alpha value is -2.21. The molecule has 1 aliphatic heterocycles. The molecule has 0 radical (unpaired) electrons. The monoisotopic (exact) mass is 487 g/mol. The molecule has 2 aromatic carbocycles. The van der Waals surface area contributed by atoms with E-state index in [0.717, 1.165) is 14.9 Å². The number of benzene rings is 2. The van der Waals surface area contributed by atoms with Crippen molar-refractivity contribution in [2.45, 2.75) is 17.2 Å². The van der Waals surface area contributed by atoms with Crippen molar-refractivity contribution in [3.05, 3.63) is 69.2 Å². The largest absolute Gasteiger partial charge is 0.325 e. The Labute approximate surface area is 186 Å². The smallest absolute Gasteiger partial charge is 0.234 e. The first kappa shape index (κ1) is 21.5. The summed E-state index contributed by atoms with van der Waals surface area (Å²) >= 11 is 6.16. The summed E-state index contributed by atoms with van der Waals surface area (Å²) in [6.45, 7) is 0. The predicted octanol–water partition coefficient (Wildman–Crippen LogP) is 4.88. The van der Waals surface area contributed by atoms with Crippen LogP contribution in [0.4, 0.5) is 5.69 Å². The zero-order chi connectivity index (χ0) is 20.8. The molecule has 2 amide bonds. The van der Waals surface area contributed by atoms with Gasteiger partial charge in [-0.3, -0.25) is 9.59 Å². The first-order valence-corrected chi connectivity index (χ1v) is 11.8. The molecule has 0 aromatic heterocycles. The van der Waals surface area contributed by atoms with Gasteiger partial charge in [0.1, 0.15) is 0 Å². The van der Waals surface area contributed by atoms with Crippen LogP contribution in [0.1, 0.15) is 17.9 Å². The lowest BCUT2D eigenvalue weighted by atomic mass is 9.87. The average molecular weight is 488 g/mol. The number of rotatable bonds is 6. The van der Waals surface area contributed by atoms with E-state index in [4.69, 9.17) is 0 Å². The molecular formula is C21H18BrN3O2S2. The lowest BCUT2D eigenvalue weighted by Crippen LogP contribution is -2.31. The summed E-state index contributed by atoms with van der Waals surface area (Å²) < 4.78 is 0.926. The summed E-state index contributed by atoms with van der Waals surface area (Å²) in [6, 6.07) is 17.4. The Kier molecular flexibility index (Phi) is 7.42. The van der Waals surface area contributed by atoms with Crippen LogP contribution in [0.2, 0.25) is 0 Å². The van der Waals surface area contributed by atoms with Gasteiger partial charge in [-0.2, -0.15) is 5.26 Å². The quantitative estimate of drug-likeness (QED) is 0.567. The van der Waals surface area contributed by atoms with Crippen molar-refractivity contribution < 1.29 is 9.59 Å². The molecule has 5 nitrogen and oxygen atoms in total. The molecule has 1 aliphatic rings. The van der Waals surface area contributed by atoms with Crippen LogP contribution in [0.3, 0.4) is 0 Å². The highest BCUT2D eigenvalue weighted by Gasteiger charge is 2.29. The van der Waals surface area contributed by atoms with E-state index in [1.807, 2.05) is 42.7 Å². The van der Waals surface area contributed by atoms with E-state index in [9.17, 15) is 14.9 Å². The number of halogens is 1. The molecular weight excluding hydrogens is 470 g/mol. The Balaban J connectivity index is 1.73. The molecule has 3 rings (SSSR count). The lowest BCUT2D eigenvalue weighted by molar-refractivity contribution is -0.121. The number of allylic oxidation sites excluding steroid dienone is 1. The second-order valence-corrected chi connectivity index (χ2v) is 9.06. The summed E-state index contributed by atoms with van der Waals surface area (Å²) in [5.41, 5.74) is 2.10. The van der Waals surface area contributed by atoms with Crippen LogP contribution >= 0.6 is 39.5 Å². The van der Waals surface area contributed by atoms with Gasteiger partial charge >= 0.3 is 0 Å². The van der Waals surface area contributed by atoms with Crippen LogP contribution in [0.5, 0.6) is 0 Å². The number of amides is 2. The predicted molar refractivity (Wildman–Crippen MR) is 122 cm³/mol. The summed E-state index contributed by atoms with van der Waals surface area (Å²) in [5.74, 6) is -0.571. The van der Waals surface area contributed by atoms with Crippen molar-refractivity contribution in [3.8, 4) is 6.07 Å². The van der Waals surface area contributed by atoms with Gasteiger partial charge in [-0.05, 0) is 48.2 Å². The van der Waals surface area contributed by atoms with E-state index >= 15 is 0 Å². The standard InChI is InChI=1S/C21H18BrN3O2S2/c1-28-16-8-2-13(3-9-16)17-10-19(26)25-21(18(17)11-23)29-12-20(27)24-15-6-4-14(22)5-7-15/h2-9,17H,10,12H2,1H3,(H,24,27)(H,25,26)/t17-/m0/s1. The van der Waals surface area contributed by atoms with Crippen LogP contribution in [0.15, 0.2) is 68.5 Å². The minimum absolute atomic E-state index is 0.0923. The normalized spacial score (nSPS) is 16.2. The number of carbonyl (C=O) groups excluding carboxylic acids is 2. The molecule has 0 fully saturated rings. The van der Waals surface area contributed by atoms with Gasteiger partial charge in [-0.1, -0.05) is 39.8 Å². The van der Waals surface area contributed by atoms with E-state index in [0.29, 0.717) is 16.3 Å². The second-order valence-electron chi connectivity index (χ2n) is 6.28. The van der Waals surface area contributed by atoms with E-state index < -0.39 is 0 Å². The first-order chi connectivity index (χ1) is 14.0. The number of nitrogens with zero attached hydrogens (tertiary/aromatic N) is 1. The highest BCUT2D eigenvalue weighted by atomic mass is 79.9. The van der Waals surface area contributed by atoms with E-state index in [1.54, 1.807) is 23.9 Å². The lowest BCUT2D eigenvalue weighted by Gasteiger charge is -2.25. The highest BCUT2D eigenvalue weighted by Crippen LogP contribution is 2.36. The molecule has 2 aromatic rings. The Morgan fingerprint density at radius 3 is 2.55 bits per heavy atom. The Morgan fingerprint density at radius 1 is 1.24 bits per heavy atom. The highest BCUT2D eigenvalue weighted by molar-refractivity contribution is 9.10. The molecule has 148 valence electrons. The molecule has 0 saturated carbocycles. The van der Waals surface area contributed by atoms with E-state index in [1.165, 1.54) is 11.8 Å². The summed E-state index contributed by atoms with van der Waals surface area (Å²) in [7, 11) is 0. The second kappa shape index (κ2) is 10.0. The van der Waals surface area contributed by atoms with Crippen LogP contribution in [-0.4, -0.2) is 23.8 Å². The van der Waals surface area contributed by atoms with Gasteiger partial charge in [-0.25, -0.2) is 0 Å². The van der Waals surface area contributed by atoms with Crippen molar-refractivity contribution in [2.24, 2.45) is 0 Å². The maximum absolute atomic E-state index is 12.3. The third-order valence-corrected chi connectivity index (χ3v) is 6.64. The SMILES string of the molecule is CSc1ccc([C@@H]2CC(=O)NC(SCC(=O)Nc3ccc(Br)cc3)=C2C#N)cc1. The molecule has 0 aliphatic carbocycles. The molecule has 0 saturated heterocycles. The molecule has 0 unspecified atom stereocenters. The molecule has 0 bridgehead atoms. The number of nitrogens with one attached hydrogen (secondary N) is 2. The average Bonchev–Trinajstić information content (AvgIpc) is 2.73. The van der Waals surface area contributed by atoms with Crippen molar-refractivity contribution in [2.75, 3.05) is 17.3 Å². The number of hydrogen-bond donors (Lipinski definition) is 2. The van der Waals surface area contributed by atoms with Gasteiger partial charge in [0.15, 0.2) is 0 Å². The summed E-state index contributed by atoms with van der Waals surface area (Å²) in [5, 5.41) is 15.7. The maximum Gasteiger partial charge on any atom is 0.234 e. The molecule has 1 heterocycles. The fraction of sp³-hybridized carbons (Fsp3) is 0.190. The summed E-state index contributed by atoms with van der Waals surface area (Å²) in [4.78, 5) is 25.6. The maximum atomic E-state index is 12.3. The topological polar surface area (TPSA) is 82.0 Å². The van der Waals surface area contributed by atoms with Gasteiger partial charge in [0, 0.05) is 27.4 Å². The molecule has 0 spiro atoms. The van der Waals surface area contributed by atoms with Crippen molar-refractivity contribution >= 4 is 57.0 Å². The Bertz CT molecular complexity index is 982. The van der Waals surface area contributed by atoms with Crippen LogP contribution in [0.25, 0.3) is 0 Å². The van der Waals surface area contributed by atoms with Gasteiger partial charge in [0.25, 0.3) is 0 Å². The fourth-order valence-corrected chi connectivity index (χ4v) is 4.47. The molecule has 1 atom stereocenters. The zero-order valence-electron chi connectivity index (χ0n) is 15.6. The van der Waals surface area contributed by atoms with Crippen LogP contribution < -0.4 is 10.6 Å². The van der Waals surface area contributed by atoms with Gasteiger partial charge in [0.05, 0.1) is 22.4 Å². The summed E-state index contributed by atoms with van der Waals surface area (Å²) in [6.07, 6.45) is 2.22. The number of thioether (sulfide) groups is 2. The third kappa shape index (κ3) is 5.66. The minimum Gasteiger partial charge on any atom is -0.325 e. The molecule has 8 heteroatoms. The van der Waals surface area contributed by atoms with Crippen LogP contribution in [0, 0.1) is 11.3 Å². The molecule has 2 N–H and O–H groups in total. The number of hydrogen-bond acceptors (Lipinski definition) is 5. The number of carbonyl (C=O) groups is 2. The van der Waals surface area contributed by atoms with Crippen molar-refractivity contribution in [3.63, 3.8) is 0 Å². The third-order valence-electron chi connectivity index (χ3n) is 4.35. The van der Waals surface area contributed by atoms with E-state index in [2.05, 4.69) is 32.6 Å². The number of nitriles is 1. The van der Waals surface area contributed by atoms with Gasteiger partial charge in [0.2, 0.25) is 11.8 Å². The zero-order valence-corrected chi connectivity index (χ0v) is 18.8. The minimum atomic E-state index is -0.304. The van der Waals surface area contributed by atoms with E-state index in [-0.39, 0.29) is 29.9 Å². The van der Waals surface area contributed by atoms with Crippen molar-refractivity contribution in [1.29, 1.82) is 5.26 Å². The van der Waals surface area contributed by atoms with Gasteiger partial charge in [-0.15, -0.1) is 11.8 Å². The van der Waals surface area contributed by atoms with Crippen molar-refractivity contribution in [1.82, 2.24) is 5.32 Å². The first-order valence-electron chi connectivity index (χ1n) is 8.76. The molecule has 29 heavy (non-hydrogen) atoms. The van der Waals surface area contributed by atoms with Crippen LogP contribution in [-0.2, 0) is 9.59 Å². The van der Waals surface area contributed by atoms with Gasteiger partial charge < -0.3 is 10.6 Å². The Morgan fingerprint density at radius 2 is 1.93 bits per heavy atom. The number of anilines is 1. The fourth-order valence-electron chi connectivity index (χ4n) is 2.92.